The van der Waals surface area contributed by atoms with Crippen molar-refractivity contribution in [2.45, 2.75) is 341 Å². The molecule has 0 aliphatic carbocycles. The maximum absolute atomic E-state index is 12.5. The highest BCUT2D eigenvalue weighted by Gasteiger charge is 2.18. The van der Waals surface area contributed by atoms with E-state index in [0.717, 1.165) is 64.2 Å². The van der Waals surface area contributed by atoms with Gasteiger partial charge in [0.1, 0.15) is 0 Å². The van der Waals surface area contributed by atoms with Crippen LogP contribution >= 0.6 is 0 Å². The fraction of sp³-hybridized carbons (Fsp3) is 0.783. The molecule has 0 saturated heterocycles. The van der Waals surface area contributed by atoms with Crippen LogP contribution in [0, 0.1) is 0 Å². The lowest BCUT2D eigenvalue weighted by Gasteiger charge is -2.19. The van der Waals surface area contributed by atoms with Gasteiger partial charge in [0.15, 0.2) is 0 Å². The van der Waals surface area contributed by atoms with Crippen molar-refractivity contribution in [1.82, 2.24) is 5.32 Å². The molecule has 0 aromatic heterocycles. The molecule has 0 saturated carbocycles. The van der Waals surface area contributed by atoms with Gasteiger partial charge in [0.05, 0.1) is 18.8 Å². The minimum Gasteiger partial charge on any atom is -0.394 e. The molecule has 0 rings (SSSR count). The molecular formula is C69H125NO3. The van der Waals surface area contributed by atoms with Crippen LogP contribution in [0.5, 0.6) is 0 Å². The Bertz CT molecular complexity index is 1290. The molecule has 0 bridgehead atoms. The summed E-state index contributed by atoms with van der Waals surface area (Å²) in [6.07, 6.45) is 93.7. The predicted octanol–water partition coefficient (Wildman–Crippen LogP) is 21.9. The summed E-state index contributed by atoms with van der Waals surface area (Å²) < 4.78 is 0. The average molecular weight is 1020 g/mol. The Hall–Kier alpha value is -2.43. The predicted molar refractivity (Wildman–Crippen MR) is 327 cm³/mol. The summed E-state index contributed by atoms with van der Waals surface area (Å²) in [6, 6.07) is -0.648. The van der Waals surface area contributed by atoms with Gasteiger partial charge in [-0.3, -0.25) is 4.79 Å². The molecular weight excluding hydrogens is 891 g/mol. The lowest BCUT2D eigenvalue weighted by Crippen LogP contribution is -2.45. The van der Waals surface area contributed by atoms with E-state index in [0.29, 0.717) is 6.42 Å². The van der Waals surface area contributed by atoms with Crippen LogP contribution in [0.25, 0.3) is 0 Å². The molecule has 0 aromatic rings. The first kappa shape index (κ1) is 70.6. The largest absolute Gasteiger partial charge is 0.394 e. The van der Waals surface area contributed by atoms with Gasteiger partial charge in [-0.25, -0.2) is 0 Å². The minimum absolute atomic E-state index is 0.0736. The molecule has 0 aliphatic rings. The van der Waals surface area contributed by atoms with Gasteiger partial charge in [-0.1, -0.05) is 324 Å². The maximum Gasteiger partial charge on any atom is 0.220 e. The Morgan fingerprint density at radius 3 is 0.959 bits per heavy atom. The van der Waals surface area contributed by atoms with Crippen LogP contribution in [-0.4, -0.2) is 34.9 Å². The first-order valence-corrected chi connectivity index (χ1v) is 32.3. The normalized spacial score (nSPS) is 13.3. The number of allylic oxidation sites excluding steroid dienone is 13. The Kier molecular flexibility index (Phi) is 61.7. The molecule has 0 aromatic carbocycles. The summed E-state index contributed by atoms with van der Waals surface area (Å²) in [5, 5.41) is 23.2. The highest BCUT2D eigenvalue weighted by molar-refractivity contribution is 5.76. The number of aliphatic hydroxyl groups excluding tert-OH is 2. The van der Waals surface area contributed by atoms with E-state index in [-0.39, 0.29) is 12.5 Å². The van der Waals surface area contributed by atoms with Crippen molar-refractivity contribution in [3.63, 3.8) is 0 Å². The van der Waals surface area contributed by atoms with Crippen LogP contribution in [0.3, 0.4) is 0 Å². The molecule has 73 heavy (non-hydrogen) atoms. The van der Waals surface area contributed by atoms with Crippen molar-refractivity contribution in [2.75, 3.05) is 6.61 Å². The lowest BCUT2D eigenvalue weighted by atomic mass is 10.0. The summed E-state index contributed by atoms with van der Waals surface area (Å²) in [7, 11) is 0. The van der Waals surface area contributed by atoms with Crippen LogP contribution in [-0.2, 0) is 4.79 Å². The third-order valence-corrected chi connectivity index (χ3v) is 14.6. The van der Waals surface area contributed by atoms with Crippen LogP contribution in [0.1, 0.15) is 328 Å². The van der Waals surface area contributed by atoms with Gasteiger partial charge in [0.25, 0.3) is 0 Å². The second-order valence-electron chi connectivity index (χ2n) is 21.8. The summed E-state index contributed by atoms with van der Waals surface area (Å²) in [6.45, 7) is 4.20. The van der Waals surface area contributed by atoms with Crippen LogP contribution in [0.2, 0.25) is 0 Å². The fourth-order valence-electron chi connectivity index (χ4n) is 9.74. The first-order valence-electron chi connectivity index (χ1n) is 32.3. The smallest absolute Gasteiger partial charge is 0.220 e. The standard InChI is InChI=1S/C69H125NO3/c1-3-5-7-9-11-13-15-17-19-21-23-25-27-28-29-30-31-32-33-34-35-36-37-38-39-40-41-42-43-45-47-49-51-53-55-57-59-61-63-65-69(73)70-67(66-71)68(72)64-62-60-58-56-54-52-50-48-46-44-26-24-22-20-18-16-14-12-10-8-6-4-2/h5,7,11,13,17,19,23,25,46,48,54,56,62,64,67-68,71-72H,3-4,6,8-10,12,14-16,18,20-22,24,26-45,47,49-53,55,57-61,63,65-66H2,1-2H3,(H,70,73)/b7-5-,13-11-,19-17-,25-23-,48-46+,56-54+,64-62+. The number of aliphatic hydroxyl groups is 2. The SMILES string of the molecule is CC/C=C\C/C=C\C/C=C\C/C=C\CCCCCCCCCCCCCCCCCCCCCCCCCCCCC(=O)NC(CO)C(O)/C=C/CC/C=C/CC/C=C/CCCCCCCCCCCCCC. The highest BCUT2D eigenvalue weighted by Crippen LogP contribution is 2.18. The second kappa shape index (κ2) is 63.9. The van der Waals surface area contributed by atoms with Crippen molar-refractivity contribution in [1.29, 1.82) is 0 Å². The molecule has 4 nitrogen and oxygen atoms in total. The summed E-state index contributed by atoms with van der Waals surface area (Å²) in [5.74, 6) is -0.0736. The third kappa shape index (κ3) is 60.3. The van der Waals surface area contributed by atoms with Crippen LogP contribution < -0.4 is 5.32 Å². The molecule has 0 aliphatic heterocycles. The number of carbonyl (C=O) groups excluding carboxylic acids is 1. The Balaban J connectivity index is 3.46. The molecule has 1 amide bonds. The number of amides is 1. The Morgan fingerprint density at radius 1 is 0.342 bits per heavy atom. The Morgan fingerprint density at radius 2 is 0.616 bits per heavy atom. The number of carbonyl (C=O) groups is 1. The van der Waals surface area contributed by atoms with Crippen molar-refractivity contribution in [2.24, 2.45) is 0 Å². The molecule has 2 atom stereocenters. The quantitative estimate of drug-likeness (QED) is 0.0420. The molecule has 2 unspecified atom stereocenters. The number of hydrogen-bond donors (Lipinski definition) is 3. The number of unbranched alkanes of at least 4 members (excludes halogenated alkanes) is 40. The molecule has 0 radical (unpaired) electrons. The summed E-state index contributed by atoms with van der Waals surface area (Å²) >= 11 is 0. The van der Waals surface area contributed by atoms with Gasteiger partial charge in [0, 0.05) is 6.42 Å². The van der Waals surface area contributed by atoms with Gasteiger partial charge in [0.2, 0.25) is 5.91 Å². The molecule has 424 valence electrons. The third-order valence-electron chi connectivity index (χ3n) is 14.6. The minimum atomic E-state index is -0.872. The van der Waals surface area contributed by atoms with E-state index >= 15 is 0 Å². The zero-order valence-electron chi connectivity index (χ0n) is 48.9. The summed E-state index contributed by atoms with van der Waals surface area (Å²) in [4.78, 5) is 12.5. The van der Waals surface area contributed by atoms with E-state index in [1.807, 2.05) is 6.08 Å². The van der Waals surface area contributed by atoms with Gasteiger partial charge in [-0.15, -0.1) is 0 Å². The van der Waals surface area contributed by atoms with Crippen LogP contribution in [0.4, 0.5) is 0 Å². The molecule has 0 heterocycles. The molecule has 3 N–H and O–H groups in total. The molecule has 4 heteroatoms. The lowest BCUT2D eigenvalue weighted by molar-refractivity contribution is -0.123. The van der Waals surface area contributed by atoms with Gasteiger partial charge in [-0.05, 0) is 83.5 Å². The van der Waals surface area contributed by atoms with E-state index in [1.165, 1.54) is 244 Å². The van der Waals surface area contributed by atoms with Gasteiger partial charge >= 0.3 is 0 Å². The first-order chi connectivity index (χ1) is 36.2. The zero-order valence-corrected chi connectivity index (χ0v) is 48.9. The fourth-order valence-corrected chi connectivity index (χ4v) is 9.74. The second-order valence-corrected chi connectivity index (χ2v) is 21.8. The highest BCUT2D eigenvalue weighted by atomic mass is 16.3. The van der Waals surface area contributed by atoms with Crippen molar-refractivity contribution < 1.29 is 15.0 Å². The van der Waals surface area contributed by atoms with Gasteiger partial charge in [-0.2, -0.15) is 0 Å². The monoisotopic (exact) mass is 1020 g/mol. The molecule has 0 spiro atoms. The van der Waals surface area contributed by atoms with E-state index in [2.05, 4.69) is 92.1 Å². The van der Waals surface area contributed by atoms with Gasteiger partial charge < -0.3 is 15.5 Å². The average Bonchev–Trinajstić information content (AvgIpc) is 3.40. The Labute approximate surface area is 456 Å². The van der Waals surface area contributed by atoms with Crippen molar-refractivity contribution in [3.05, 3.63) is 85.1 Å². The number of hydrogen-bond acceptors (Lipinski definition) is 3. The van der Waals surface area contributed by atoms with E-state index < -0.39 is 12.1 Å². The maximum atomic E-state index is 12.5. The van der Waals surface area contributed by atoms with Crippen molar-refractivity contribution in [3.8, 4) is 0 Å². The van der Waals surface area contributed by atoms with E-state index in [1.54, 1.807) is 6.08 Å². The van der Waals surface area contributed by atoms with Crippen LogP contribution in [0.15, 0.2) is 85.1 Å². The van der Waals surface area contributed by atoms with E-state index in [9.17, 15) is 15.0 Å². The van der Waals surface area contributed by atoms with E-state index in [4.69, 9.17) is 0 Å². The zero-order chi connectivity index (χ0) is 52.7. The van der Waals surface area contributed by atoms with Crippen molar-refractivity contribution >= 4 is 5.91 Å². The number of nitrogens with one attached hydrogen (secondary N) is 1. The topological polar surface area (TPSA) is 69.6 Å². The molecule has 0 fully saturated rings. The summed E-state index contributed by atoms with van der Waals surface area (Å²) in [5.41, 5.74) is 0. The number of rotatable bonds is 59.